The summed E-state index contributed by atoms with van der Waals surface area (Å²) >= 11 is 5.64. The zero-order valence-corrected chi connectivity index (χ0v) is 11.3. The van der Waals surface area contributed by atoms with Crippen molar-refractivity contribution in [2.75, 3.05) is 0 Å². The van der Waals surface area contributed by atoms with E-state index in [1.54, 1.807) is 0 Å². The van der Waals surface area contributed by atoms with Crippen molar-refractivity contribution in [1.82, 2.24) is 19.6 Å². The Kier molecular flexibility index (Phi) is 3.59. The van der Waals surface area contributed by atoms with E-state index in [0.717, 1.165) is 9.36 Å². The van der Waals surface area contributed by atoms with E-state index in [1.165, 1.54) is 32.3 Å². The first-order valence-corrected chi connectivity index (χ1v) is 5.97. The number of carbonyl (C=O) groups is 1. The van der Waals surface area contributed by atoms with Crippen LogP contribution < -0.4 is 0 Å². The van der Waals surface area contributed by atoms with E-state index >= 15 is 0 Å². The van der Waals surface area contributed by atoms with Crippen LogP contribution >= 0.6 is 11.6 Å². The van der Waals surface area contributed by atoms with E-state index in [2.05, 4.69) is 10.2 Å². The summed E-state index contributed by atoms with van der Waals surface area (Å²) < 4.78 is 40.1. The van der Waals surface area contributed by atoms with Gasteiger partial charge in [-0.1, -0.05) is 11.6 Å². The maximum Gasteiger partial charge on any atom is 0.436 e. The average Bonchev–Trinajstić information content (AvgIpc) is 2.97. The van der Waals surface area contributed by atoms with E-state index < -0.39 is 28.8 Å². The molecule has 5 nitrogen and oxygen atoms in total. The molecule has 0 fully saturated rings. The fourth-order valence-corrected chi connectivity index (χ4v) is 1.98. The highest BCUT2D eigenvalue weighted by atomic mass is 35.5. The van der Waals surface area contributed by atoms with Gasteiger partial charge in [-0.15, -0.1) is 0 Å². The Morgan fingerprint density at radius 3 is 2.55 bits per heavy atom. The number of hydrogen-bond acceptors (Lipinski definition) is 3. The first kappa shape index (κ1) is 14.6. The van der Waals surface area contributed by atoms with Gasteiger partial charge in [0.15, 0.2) is 5.69 Å². The smallest absolute Gasteiger partial charge is 0.270 e. The van der Waals surface area contributed by atoms with E-state index in [9.17, 15) is 18.0 Å². The van der Waals surface area contributed by atoms with Crippen LogP contribution in [0.25, 0.3) is 0 Å². The number of halogens is 4. The van der Waals surface area contributed by atoms with Crippen LogP contribution in [0.2, 0.25) is 5.02 Å². The first-order valence-electron chi connectivity index (χ1n) is 5.59. The molecule has 2 rings (SSSR count). The van der Waals surface area contributed by atoms with Gasteiger partial charge in [0.05, 0.1) is 10.7 Å². The van der Waals surface area contributed by atoms with Gasteiger partial charge in [-0.2, -0.15) is 23.4 Å². The van der Waals surface area contributed by atoms with Gasteiger partial charge in [-0.25, -0.2) is 4.68 Å². The number of alkyl halides is 3. The largest absolute Gasteiger partial charge is 0.436 e. The predicted molar refractivity (Wildman–Crippen MR) is 64.5 cm³/mol. The third-order valence-corrected chi connectivity index (χ3v) is 3.25. The molecule has 0 aliphatic rings. The van der Waals surface area contributed by atoms with Crippen LogP contribution in [0.1, 0.15) is 29.1 Å². The van der Waals surface area contributed by atoms with Gasteiger partial charge in [0.1, 0.15) is 6.04 Å². The molecule has 0 aliphatic heterocycles. The summed E-state index contributed by atoms with van der Waals surface area (Å²) in [7, 11) is 0. The Balaban J connectivity index is 2.41. The standard InChI is InChI=1S/C11H10ClF3N4O/c1-6-8(12)9(11(13,14)15)17-19(6)7(2)10(20)18-5-3-4-16-18/h3-5,7H,1-2H3/t7-/m1/s1. The van der Waals surface area contributed by atoms with E-state index in [0.29, 0.717) is 0 Å². The predicted octanol–water partition coefficient (Wildman–Crippen LogP) is 2.96. The molecule has 2 aromatic heterocycles. The van der Waals surface area contributed by atoms with Gasteiger partial charge in [-0.05, 0) is 19.9 Å². The molecule has 0 saturated heterocycles. The molecule has 2 aromatic rings. The molecule has 0 aromatic carbocycles. The highest BCUT2D eigenvalue weighted by Crippen LogP contribution is 2.36. The van der Waals surface area contributed by atoms with E-state index in [-0.39, 0.29) is 5.69 Å². The number of hydrogen-bond donors (Lipinski definition) is 0. The fourth-order valence-electron chi connectivity index (χ4n) is 1.75. The maximum atomic E-state index is 12.7. The lowest BCUT2D eigenvalue weighted by molar-refractivity contribution is -0.141. The minimum absolute atomic E-state index is 0.0759. The molecule has 0 unspecified atom stereocenters. The highest BCUT2D eigenvalue weighted by molar-refractivity contribution is 6.32. The Labute approximate surface area is 116 Å². The molecule has 0 spiro atoms. The number of nitrogens with zero attached hydrogens (tertiary/aromatic N) is 4. The lowest BCUT2D eigenvalue weighted by atomic mass is 10.3. The summed E-state index contributed by atoms with van der Waals surface area (Å²) in [4.78, 5) is 12.0. The monoisotopic (exact) mass is 306 g/mol. The topological polar surface area (TPSA) is 52.7 Å². The van der Waals surface area contributed by atoms with Crippen molar-refractivity contribution in [3.63, 3.8) is 0 Å². The minimum atomic E-state index is -4.67. The molecular formula is C11H10ClF3N4O. The molecule has 0 aliphatic carbocycles. The van der Waals surface area contributed by atoms with Crippen LogP contribution in [-0.4, -0.2) is 25.5 Å². The molecule has 0 bridgehead atoms. The zero-order valence-electron chi connectivity index (χ0n) is 10.5. The number of carbonyl (C=O) groups excluding carboxylic acids is 1. The van der Waals surface area contributed by atoms with Gasteiger partial charge in [0.2, 0.25) is 0 Å². The summed E-state index contributed by atoms with van der Waals surface area (Å²) in [5.74, 6) is -0.508. The van der Waals surface area contributed by atoms with Crippen molar-refractivity contribution in [2.45, 2.75) is 26.1 Å². The van der Waals surface area contributed by atoms with Crippen LogP contribution in [0.5, 0.6) is 0 Å². The molecule has 0 radical (unpaired) electrons. The lowest BCUT2D eigenvalue weighted by Gasteiger charge is -2.12. The molecular weight excluding hydrogens is 297 g/mol. The van der Waals surface area contributed by atoms with Crippen LogP contribution in [0.15, 0.2) is 18.5 Å². The van der Waals surface area contributed by atoms with Crippen molar-refractivity contribution >= 4 is 17.5 Å². The van der Waals surface area contributed by atoms with Crippen LogP contribution in [0.4, 0.5) is 13.2 Å². The summed E-state index contributed by atoms with van der Waals surface area (Å²) in [5.41, 5.74) is -1.12. The van der Waals surface area contributed by atoms with Gasteiger partial charge in [0.25, 0.3) is 5.91 Å². The minimum Gasteiger partial charge on any atom is -0.270 e. The molecule has 108 valence electrons. The quantitative estimate of drug-likeness (QED) is 0.857. The summed E-state index contributed by atoms with van der Waals surface area (Å²) in [6.45, 7) is 2.80. The third-order valence-electron chi connectivity index (χ3n) is 2.80. The second-order valence-corrected chi connectivity index (χ2v) is 4.53. The molecule has 0 amide bonds. The van der Waals surface area contributed by atoms with Crippen molar-refractivity contribution in [1.29, 1.82) is 0 Å². The molecule has 2 heterocycles. The van der Waals surface area contributed by atoms with Gasteiger partial charge >= 0.3 is 6.18 Å². The summed E-state index contributed by atoms with van der Waals surface area (Å²) in [6, 6.07) is 0.581. The normalized spacial score (nSPS) is 13.5. The Hall–Kier alpha value is -1.83. The number of rotatable bonds is 2. The van der Waals surface area contributed by atoms with E-state index in [1.807, 2.05) is 0 Å². The second-order valence-electron chi connectivity index (χ2n) is 4.16. The Morgan fingerprint density at radius 2 is 2.10 bits per heavy atom. The van der Waals surface area contributed by atoms with Crippen molar-refractivity contribution in [3.8, 4) is 0 Å². The Bertz CT molecular complexity index is 633. The van der Waals surface area contributed by atoms with Crippen LogP contribution in [0, 0.1) is 6.92 Å². The fraction of sp³-hybridized carbons (Fsp3) is 0.364. The zero-order chi connectivity index (χ0) is 15.1. The SMILES string of the molecule is Cc1c(Cl)c(C(F)(F)F)nn1[C@H](C)C(=O)n1cccn1. The van der Waals surface area contributed by atoms with Crippen LogP contribution in [0.3, 0.4) is 0 Å². The van der Waals surface area contributed by atoms with Gasteiger partial charge in [-0.3, -0.25) is 9.48 Å². The summed E-state index contributed by atoms with van der Waals surface area (Å²) in [6.07, 6.45) is -1.86. The molecule has 20 heavy (non-hydrogen) atoms. The third kappa shape index (κ3) is 2.43. The number of aromatic nitrogens is 4. The van der Waals surface area contributed by atoms with E-state index in [4.69, 9.17) is 11.6 Å². The summed E-state index contributed by atoms with van der Waals surface area (Å²) in [5, 5.41) is 6.65. The average molecular weight is 307 g/mol. The molecule has 1 atom stereocenters. The highest BCUT2D eigenvalue weighted by Gasteiger charge is 2.39. The second kappa shape index (κ2) is 4.93. The van der Waals surface area contributed by atoms with Crippen molar-refractivity contribution in [3.05, 3.63) is 34.9 Å². The molecule has 0 saturated carbocycles. The van der Waals surface area contributed by atoms with Gasteiger partial charge in [0, 0.05) is 12.4 Å². The van der Waals surface area contributed by atoms with Crippen molar-refractivity contribution < 1.29 is 18.0 Å². The van der Waals surface area contributed by atoms with Crippen molar-refractivity contribution in [2.24, 2.45) is 0 Å². The maximum absolute atomic E-state index is 12.7. The molecule has 0 N–H and O–H groups in total. The first-order chi connectivity index (χ1) is 9.23. The van der Waals surface area contributed by atoms with Crippen LogP contribution in [-0.2, 0) is 6.18 Å². The van der Waals surface area contributed by atoms with Gasteiger partial charge < -0.3 is 0 Å². The lowest BCUT2D eigenvalue weighted by Crippen LogP contribution is -2.25. The Morgan fingerprint density at radius 1 is 1.45 bits per heavy atom. The molecule has 9 heteroatoms.